The van der Waals surface area contributed by atoms with Gasteiger partial charge in [-0.05, 0) is 56.9 Å². The van der Waals surface area contributed by atoms with Gasteiger partial charge >= 0.3 is 5.97 Å². The SMILES string of the molecule is CC(C)Oc1ccc2[nH]cc(C3=CCC(C(=O)O)CC3)c2c1. The first-order valence-corrected chi connectivity index (χ1v) is 7.74. The molecule has 1 heterocycles. The van der Waals surface area contributed by atoms with Crippen molar-refractivity contribution in [2.45, 2.75) is 39.2 Å². The van der Waals surface area contributed by atoms with Gasteiger partial charge in [0.2, 0.25) is 0 Å². The summed E-state index contributed by atoms with van der Waals surface area (Å²) in [6, 6.07) is 6.06. The molecule has 1 aromatic carbocycles. The molecule has 4 heteroatoms. The number of hydrogen-bond acceptors (Lipinski definition) is 2. The smallest absolute Gasteiger partial charge is 0.306 e. The number of nitrogens with one attached hydrogen (secondary N) is 1. The van der Waals surface area contributed by atoms with Crippen molar-refractivity contribution in [2.75, 3.05) is 0 Å². The number of benzene rings is 1. The second-order valence-corrected chi connectivity index (χ2v) is 6.12. The number of hydrogen-bond donors (Lipinski definition) is 2. The molecule has 0 fully saturated rings. The van der Waals surface area contributed by atoms with Crippen molar-refractivity contribution in [1.29, 1.82) is 0 Å². The van der Waals surface area contributed by atoms with Crippen molar-refractivity contribution in [3.05, 3.63) is 36.0 Å². The Labute approximate surface area is 129 Å². The van der Waals surface area contributed by atoms with Crippen LogP contribution in [0.2, 0.25) is 0 Å². The number of aromatic amines is 1. The van der Waals surface area contributed by atoms with Crippen LogP contribution in [0.4, 0.5) is 0 Å². The van der Waals surface area contributed by atoms with Crippen LogP contribution in [0.5, 0.6) is 5.75 Å². The molecule has 4 nitrogen and oxygen atoms in total. The zero-order valence-electron chi connectivity index (χ0n) is 12.9. The Hall–Kier alpha value is -2.23. The summed E-state index contributed by atoms with van der Waals surface area (Å²) in [5.41, 5.74) is 3.46. The number of carboxylic acid groups (broad SMARTS) is 1. The number of carboxylic acids is 1. The van der Waals surface area contributed by atoms with Crippen LogP contribution in [0.25, 0.3) is 16.5 Å². The summed E-state index contributed by atoms with van der Waals surface area (Å²) in [5, 5.41) is 10.2. The summed E-state index contributed by atoms with van der Waals surface area (Å²) in [7, 11) is 0. The number of fused-ring (bicyclic) bond motifs is 1. The molecule has 0 saturated carbocycles. The van der Waals surface area contributed by atoms with Crippen LogP contribution in [-0.4, -0.2) is 22.2 Å². The fraction of sp³-hybridized carbons (Fsp3) is 0.389. The highest BCUT2D eigenvalue weighted by Gasteiger charge is 2.22. The normalized spacial score (nSPS) is 18.5. The molecule has 1 aliphatic carbocycles. The van der Waals surface area contributed by atoms with Gasteiger partial charge in [-0.2, -0.15) is 0 Å². The minimum absolute atomic E-state index is 0.144. The molecule has 3 rings (SSSR count). The highest BCUT2D eigenvalue weighted by molar-refractivity contribution is 5.93. The molecular weight excluding hydrogens is 278 g/mol. The topological polar surface area (TPSA) is 62.3 Å². The quantitative estimate of drug-likeness (QED) is 0.888. The molecule has 0 aliphatic heterocycles. The summed E-state index contributed by atoms with van der Waals surface area (Å²) in [4.78, 5) is 14.3. The molecule has 2 N–H and O–H groups in total. The molecule has 22 heavy (non-hydrogen) atoms. The van der Waals surface area contributed by atoms with Crippen molar-refractivity contribution >= 4 is 22.4 Å². The highest BCUT2D eigenvalue weighted by atomic mass is 16.5. The lowest BCUT2D eigenvalue weighted by atomic mass is 9.86. The van der Waals surface area contributed by atoms with Crippen LogP contribution < -0.4 is 4.74 Å². The van der Waals surface area contributed by atoms with Gasteiger partial charge in [0, 0.05) is 22.7 Å². The van der Waals surface area contributed by atoms with Crippen LogP contribution in [0.15, 0.2) is 30.5 Å². The number of carbonyl (C=O) groups is 1. The monoisotopic (exact) mass is 299 g/mol. The van der Waals surface area contributed by atoms with Crippen molar-refractivity contribution in [3.8, 4) is 5.75 Å². The maximum atomic E-state index is 11.1. The molecule has 0 bridgehead atoms. The minimum atomic E-state index is -0.693. The predicted octanol–water partition coefficient (Wildman–Crippen LogP) is 4.22. The molecular formula is C18H21NO3. The summed E-state index contributed by atoms with van der Waals surface area (Å²) < 4.78 is 5.77. The van der Waals surface area contributed by atoms with Crippen molar-refractivity contribution < 1.29 is 14.6 Å². The van der Waals surface area contributed by atoms with Gasteiger partial charge in [0.05, 0.1) is 12.0 Å². The van der Waals surface area contributed by atoms with Gasteiger partial charge in [-0.15, -0.1) is 0 Å². The van der Waals surface area contributed by atoms with E-state index in [0.717, 1.165) is 28.6 Å². The van der Waals surface area contributed by atoms with Crippen LogP contribution in [-0.2, 0) is 4.79 Å². The number of aliphatic carboxylic acids is 1. The zero-order valence-corrected chi connectivity index (χ0v) is 12.9. The summed E-state index contributed by atoms with van der Waals surface area (Å²) in [6.45, 7) is 4.02. The largest absolute Gasteiger partial charge is 0.491 e. The Morgan fingerprint density at radius 3 is 2.86 bits per heavy atom. The molecule has 1 aliphatic rings. The standard InChI is InChI=1S/C18H21NO3/c1-11(2)22-14-7-8-17-15(9-14)16(10-19-17)12-3-5-13(6-4-12)18(20)21/h3,7-11,13,19H,4-6H2,1-2H3,(H,20,21). The summed E-state index contributed by atoms with van der Waals surface area (Å²) in [5.74, 6) is -0.0705. The number of H-pyrrole nitrogens is 1. The fourth-order valence-electron chi connectivity index (χ4n) is 3.01. The van der Waals surface area contributed by atoms with Crippen LogP contribution in [0.3, 0.4) is 0 Å². The Morgan fingerprint density at radius 1 is 1.41 bits per heavy atom. The lowest BCUT2D eigenvalue weighted by Crippen LogP contribution is -2.15. The first kappa shape index (κ1) is 14.7. The maximum Gasteiger partial charge on any atom is 0.306 e. The van der Waals surface area contributed by atoms with Crippen LogP contribution in [0, 0.1) is 5.92 Å². The molecule has 0 radical (unpaired) electrons. The van der Waals surface area contributed by atoms with E-state index in [2.05, 4.69) is 17.1 Å². The summed E-state index contributed by atoms with van der Waals surface area (Å²) >= 11 is 0. The lowest BCUT2D eigenvalue weighted by Gasteiger charge is -2.18. The zero-order chi connectivity index (χ0) is 15.7. The number of rotatable bonds is 4. The molecule has 0 spiro atoms. The Balaban J connectivity index is 1.92. The van der Waals surface area contributed by atoms with E-state index in [1.807, 2.05) is 32.2 Å². The molecule has 2 aromatic rings. The van der Waals surface area contributed by atoms with Gasteiger partial charge in [0.25, 0.3) is 0 Å². The average Bonchev–Trinajstić information content (AvgIpc) is 2.90. The molecule has 1 atom stereocenters. The third kappa shape index (κ3) is 2.86. The molecule has 0 saturated heterocycles. The third-order valence-electron chi connectivity index (χ3n) is 4.13. The van der Waals surface area contributed by atoms with Gasteiger partial charge < -0.3 is 14.8 Å². The van der Waals surface area contributed by atoms with Crippen molar-refractivity contribution in [2.24, 2.45) is 5.92 Å². The molecule has 1 unspecified atom stereocenters. The Bertz CT molecular complexity index is 727. The van der Waals surface area contributed by atoms with E-state index in [4.69, 9.17) is 9.84 Å². The van der Waals surface area contributed by atoms with E-state index in [-0.39, 0.29) is 12.0 Å². The number of aromatic nitrogens is 1. The third-order valence-corrected chi connectivity index (χ3v) is 4.13. The van der Waals surface area contributed by atoms with E-state index in [1.165, 1.54) is 5.57 Å². The second-order valence-electron chi connectivity index (χ2n) is 6.12. The van der Waals surface area contributed by atoms with Gasteiger partial charge in [0.15, 0.2) is 0 Å². The van der Waals surface area contributed by atoms with Crippen molar-refractivity contribution in [1.82, 2.24) is 4.98 Å². The highest BCUT2D eigenvalue weighted by Crippen LogP contribution is 2.35. The number of ether oxygens (including phenoxy) is 1. The molecule has 1 aromatic heterocycles. The minimum Gasteiger partial charge on any atom is -0.491 e. The van der Waals surface area contributed by atoms with E-state index >= 15 is 0 Å². The molecule has 116 valence electrons. The predicted molar refractivity (Wildman–Crippen MR) is 87.0 cm³/mol. The van der Waals surface area contributed by atoms with Gasteiger partial charge in [-0.25, -0.2) is 0 Å². The first-order valence-electron chi connectivity index (χ1n) is 7.74. The Kier molecular flexibility index (Phi) is 3.92. The van der Waals surface area contributed by atoms with Crippen molar-refractivity contribution in [3.63, 3.8) is 0 Å². The van der Waals surface area contributed by atoms with E-state index in [0.29, 0.717) is 12.8 Å². The fourth-order valence-corrected chi connectivity index (χ4v) is 3.01. The van der Waals surface area contributed by atoms with Crippen LogP contribution >= 0.6 is 0 Å². The van der Waals surface area contributed by atoms with E-state index < -0.39 is 5.97 Å². The van der Waals surface area contributed by atoms with Gasteiger partial charge in [0.1, 0.15) is 5.75 Å². The van der Waals surface area contributed by atoms with Crippen LogP contribution in [0.1, 0.15) is 38.7 Å². The van der Waals surface area contributed by atoms with E-state index in [1.54, 1.807) is 0 Å². The second kappa shape index (κ2) is 5.87. The lowest BCUT2D eigenvalue weighted by molar-refractivity contribution is -0.141. The summed E-state index contributed by atoms with van der Waals surface area (Å²) in [6.07, 6.45) is 6.34. The number of allylic oxidation sites excluding steroid dienone is 2. The van der Waals surface area contributed by atoms with Gasteiger partial charge in [-0.3, -0.25) is 4.79 Å². The van der Waals surface area contributed by atoms with E-state index in [9.17, 15) is 4.79 Å². The first-order chi connectivity index (χ1) is 10.5. The van der Waals surface area contributed by atoms with Gasteiger partial charge in [-0.1, -0.05) is 6.08 Å². The maximum absolute atomic E-state index is 11.1. The molecule has 0 amide bonds. The average molecular weight is 299 g/mol. The Morgan fingerprint density at radius 2 is 2.23 bits per heavy atom.